The molecule has 0 aliphatic heterocycles. The summed E-state index contributed by atoms with van der Waals surface area (Å²) in [6.45, 7) is 30.4. The number of imidazole rings is 1. The molecule has 0 N–H and O–H groups in total. The van der Waals surface area contributed by atoms with E-state index >= 15 is 0 Å². The van der Waals surface area contributed by atoms with E-state index in [1.165, 1.54) is 49.6 Å². The summed E-state index contributed by atoms with van der Waals surface area (Å²) in [4.78, 5) is 5.10. The summed E-state index contributed by atoms with van der Waals surface area (Å²) in [5.41, 5.74) is 13.3. The normalized spacial score (nSPS) is 15.9. The van der Waals surface area contributed by atoms with E-state index in [1.54, 1.807) is 0 Å². The SMILES string of the molecule is Cc1ccc(-n2[c](=[Pt])n(-c3cccc(Oc4ccc5c6ccc7c(c6n(-c6cc(C(C)(C)C)ccn6)c5c4)C(C)(C)C(C)(C)C7(C)C)c3)c3ccc(C(C)(C)C)cc32)cc1. The molecule has 3 aromatic heterocycles. The van der Waals surface area contributed by atoms with Crippen molar-refractivity contribution in [1.82, 2.24) is 18.7 Å². The number of rotatable bonds is 5. The van der Waals surface area contributed by atoms with Crippen molar-refractivity contribution in [2.75, 3.05) is 0 Å². The molecule has 5 aromatic carbocycles. The molecule has 0 saturated heterocycles. The Kier molecular flexibility index (Phi) is 9.10. The van der Waals surface area contributed by atoms with Crippen LogP contribution in [0.1, 0.15) is 111 Å². The third kappa shape index (κ3) is 6.05. The van der Waals surface area contributed by atoms with Gasteiger partial charge in [-0.25, -0.2) is 0 Å². The molecule has 0 atom stereocenters. The van der Waals surface area contributed by atoms with Crippen LogP contribution in [0.4, 0.5) is 0 Å². The van der Waals surface area contributed by atoms with Gasteiger partial charge in [-0.2, -0.15) is 0 Å². The van der Waals surface area contributed by atoms with Gasteiger partial charge in [0.15, 0.2) is 0 Å². The van der Waals surface area contributed by atoms with Crippen LogP contribution in [-0.2, 0) is 41.0 Å². The van der Waals surface area contributed by atoms with Crippen molar-refractivity contribution >= 4 is 32.8 Å². The Morgan fingerprint density at radius 1 is 0.567 bits per heavy atom. The van der Waals surface area contributed by atoms with Gasteiger partial charge in [-0.15, -0.1) is 0 Å². The summed E-state index contributed by atoms with van der Waals surface area (Å²) >= 11 is 2.48. The zero-order valence-corrected chi connectivity index (χ0v) is 39.8. The molecule has 0 spiro atoms. The summed E-state index contributed by atoms with van der Waals surface area (Å²) < 4.78 is 15.1. The number of hydrogen-bond donors (Lipinski definition) is 0. The fourth-order valence-electron chi connectivity index (χ4n) is 9.61. The molecule has 0 unspecified atom stereocenters. The average Bonchev–Trinajstić information content (AvgIpc) is 3.70. The van der Waals surface area contributed by atoms with Crippen LogP contribution in [0.2, 0.25) is 0 Å². The van der Waals surface area contributed by atoms with Crippen LogP contribution in [-0.4, -0.2) is 18.7 Å². The van der Waals surface area contributed by atoms with E-state index < -0.39 is 0 Å². The zero-order valence-electron chi connectivity index (χ0n) is 37.5. The van der Waals surface area contributed by atoms with Crippen molar-refractivity contribution in [2.24, 2.45) is 5.41 Å². The Balaban J connectivity index is 1.22. The second-order valence-corrected chi connectivity index (χ2v) is 21.7. The first-order valence-electron chi connectivity index (χ1n) is 21.3. The Hall–Kier alpha value is -4.99. The number of aromatic nitrogens is 4. The maximum absolute atomic E-state index is 6.88. The molecule has 9 rings (SSSR count). The number of aryl methyl sites for hydroxylation is 1. The van der Waals surface area contributed by atoms with Crippen molar-refractivity contribution in [3.63, 3.8) is 0 Å². The minimum atomic E-state index is -0.106. The van der Waals surface area contributed by atoms with E-state index in [0.717, 1.165) is 43.5 Å². The van der Waals surface area contributed by atoms with Crippen LogP contribution >= 0.6 is 0 Å². The zero-order chi connectivity index (χ0) is 42.9. The predicted molar refractivity (Wildman–Crippen MR) is 246 cm³/mol. The molecule has 0 bridgehead atoms. The minimum absolute atomic E-state index is 0.00899. The van der Waals surface area contributed by atoms with Crippen LogP contribution in [0.3, 0.4) is 0 Å². The Morgan fingerprint density at radius 2 is 1.22 bits per heavy atom. The van der Waals surface area contributed by atoms with Crippen LogP contribution in [0.5, 0.6) is 11.5 Å². The second-order valence-electron chi connectivity index (χ2n) is 20.7. The van der Waals surface area contributed by atoms with Gasteiger partial charge < -0.3 is 0 Å². The third-order valence-electron chi connectivity index (χ3n) is 14.4. The maximum atomic E-state index is 6.88. The van der Waals surface area contributed by atoms with E-state index in [1.807, 2.05) is 6.20 Å². The molecule has 6 heteroatoms. The van der Waals surface area contributed by atoms with Crippen LogP contribution in [0.15, 0.2) is 115 Å². The Morgan fingerprint density at radius 3 is 1.92 bits per heavy atom. The summed E-state index contributed by atoms with van der Waals surface area (Å²) in [6, 6.07) is 39.9. The standard InChI is InChI=1S/C54H58N4O.Pt/c1-34-17-20-37(21-18-34)56-33-57(44-26-19-35(29-46(44)56)50(2,3)4)38-15-14-16-39(31-38)59-40-22-23-41-42-24-25-43-48(53(10,11)54(12,13)52(43,8)9)49(42)58(45(41)32-40)47-30-36(27-28-55-47)51(5,6)7;/h14-32H,1-13H3;. The number of hydrogen-bond acceptors (Lipinski definition) is 2. The molecular weight excluding hydrogens is 916 g/mol. The number of nitrogens with zero attached hydrogens (tertiary/aromatic N) is 4. The molecule has 5 nitrogen and oxygen atoms in total. The van der Waals surface area contributed by atoms with Gasteiger partial charge >= 0.3 is 255 Å². The van der Waals surface area contributed by atoms with Gasteiger partial charge in [0.05, 0.1) is 0 Å². The number of ether oxygens (including phenoxy) is 1. The molecular formula is C54H58N4OPt. The average molecular weight is 974 g/mol. The molecule has 310 valence electrons. The van der Waals surface area contributed by atoms with Gasteiger partial charge in [0.2, 0.25) is 0 Å². The van der Waals surface area contributed by atoms with Crippen molar-refractivity contribution in [2.45, 2.75) is 112 Å². The molecule has 0 amide bonds. The molecule has 0 fully saturated rings. The third-order valence-corrected chi connectivity index (χ3v) is 15.5. The topological polar surface area (TPSA) is 36.9 Å². The molecule has 8 aromatic rings. The van der Waals surface area contributed by atoms with E-state index in [-0.39, 0.29) is 27.1 Å². The molecule has 1 aliphatic rings. The van der Waals surface area contributed by atoms with Crippen LogP contribution in [0.25, 0.3) is 50.0 Å². The molecule has 1 aliphatic carbocycles. The molecule has 60 heavy (non-hydrogen) atoms. The van der Waals surface area contributed by atoms with E-state index in [0.29, 0.717) is 0 Å². The summed E-state index contributed by atoms with van der Waals surface area (Å²) in [5, 5.41) is 2.44. The van der Waals surface area contributed by atoms with Crippen molar-refractivity contribution in [3.05, 3.63) is 147 Å². The van der Waals surface area contributed by atoms with Gasteiger partial charge in [0.25, 0.3) is 0 Å². The van der Waals surface area contributed by atoms with Gasteiger partial charge in [0.1, 0.15) is 0 Å². The summed E-state index contributed by atoms with van der Waals surface area (Å²) in [7, 11) is 0. The summed E-state index contributed by atoms with van der Waals surface area (Å²) in [6.07, 6.45) is 1.97. The Labute approximate surface area is 366 Å². The fourth-order valence-corrected chi connectivity index (χ4v) is 10.7. The predicted octanol–water partition coefficient (Wildman–Crippen LogP) is 14.3. The van der Waals surface area contributed by atoms with Gasteiger partial charge in [-0.3, -0.25) is 0 Å². The molecule has 0 radical (unpaired) electrons. The molecule has 0 saturated carbocycles. The number of pyridine rings is 1. The first kappa shape index (κ1) is 40.4. The van der Waals surface area contributed by atoms with E-state index in [9.17, 15) is 0 Å². The van der Waals surface area contributed by atoms with E-state index in [2.05, 4.69) is 232 Å². The van der Waals surface area contributed by atoms with Gasteiger partial charge in [0, 0.05) is 6.20 Å². The van der Waals surface area contributed by atoms with Crippen molar-refractivity contribution in [1.29, 1.82) is 0 Å². The van der Waals surface area contributed by atoms with Gasteiger partial charge in [-0.1, -0.05) is 68.4 Å². The van der Waals surface area contributed by atoms with Crippen molar-refractivity contribution in [3.8, 4) is 28.7 Å². The second kappa shape index (κ2) is 13.5. The first-order chi connectivity index (χ1) is 28.1. The molecule has 3 heterocycles. The van der Waals surface area contributed by atoms with Crippen molar-refractivity contribution < 1.29 is 24.1 Å². The number of fused-ring (bicyclic) bond motifs is 6. The monoisotopic (exact) mass is 973 g/mol. The summed E-state index contributed by atoms with van der Waals surface area (Å²) in [5.74, 6) is 2.49. The first-order valence-corrected chi connectivity index (χ1v) is 22.4. The van der Waals surface area contributed by atoms with Gasteiger partial charge in [-0.05, 0) is 38.9 Å². The van der Waals surface area contributed by atoms with E-state index in [4.69, 9.17) is 9.72 Å². The fraction of sp³-hybridized carbons (Fsp3) is 0.333. The Bertz CT molecular complexity index is 3080. The van der Waals surface area contributed by atoms with Crippen LogP contribution < -0.4 is 4.74 Å². The van der Waals surface area contributed by atoms with Crippen LogP contribution in [0, 0.1) is 16.1 Å². The number of benzene rings is 5. The quantitative estimate of drug-likeness (QED) is 0.172.